The first-order chi connectivity index (χ1) is 8.15. The Labute approximate surface area is 109 Å². The number of benzene rings is 1. The van der Waals surface area contributed by atoms with Gasteiger partial charge in [0.25, 0.3) is 0 Å². The SMILES string of the molecule is CN(C)C(C#N)c1ccc(Br)c2cccnc12. The molecule has 0 fully saturated rings. The Morgan fingerprint density at radius 2 is 2.12 bits per heavy atom. The van der Waals surface area contributed by atoms with Crippen LogP contribution in [0.5, 0.6) is 0 Å². The van der Waals surface area contributed by atoms with Crippen LogP contribution >= 0.6 is 15.9 Å². The van der Waals surface area contributed by atoms with Gasteiger partial charge in [-0.3, -0.25) is 9.88 Å². The summed E-state index contributed by atoms with van der Waals surface area (Å²) in [4.78, 5) is 6.27. The predicted octanol–water partition coefficient (Wildman–Crippen LogP) is 3.12. The third-order valence-electron chi connectivity index (χ3n) is 2.68. The summed E-state index contributed by atoms with van der Waals surface area (Å²) in [5, 5.41) is 10.3. The Morgan fingerprint density at radius 3 is 2.76 bits per heavy atom. The van der Waals surface area contributed by atoms with E-state index >= 15 is 0 Å². The van der Waals surface area contributed by atoms with E-state index in [2.05, 4.69) is 27.0 Å². The number of halogens is 1. The topological polar surface area (TPSA) is 39.9 Å². The molecule has 0 saturated heterocycles. The van der Waals surface area contributed by atoms with Crippen molar-refractivity contribution in [3.63, 3.8) is 0 Å². The summed E-state index contributed by atoms with van der Waals surface area (Å²) in [6.45, 7) is 0. The summed E-state index contributed by atoms with van der Waals surface area (Å²) in [6.07, 6.45) is 1.75. The number of fused-ring (bicyclic) bond motifs is 1. The van der Waals surface area contributed by atoms with Gasteiger partial charge in [-0.15, -0.1) is 0 Å². The lowest BCUT2D eigenvalue weighted by atomic mass is 10.0. The van der Waals surface area contributed by atoms with Crippen LogP contribution in [-0.4, -0.2) is 24.0 Å². The molecular weight excluding hydrogens is 278 g/mol. The summed E-state index contributed by atoms with van der Waals surface area (Å²) < 4.78 is 1.000. The maximum absolute atomic E-state index is 9.25. The third-order valence-corrected chi connectivity index (χ3v) is 3.37. The monoisotopic (exact) mass is 289 g/mol. The van der Waals surface area contributed by atoms with E-state index in [1.807, 2.05) is 43.3 Å². The zero-order valence-electron chi connectivity index (χ0n) is 9.68. The summed E-state index contributed by atoms with van der Waals surface area (Å²) >= 11 is 3.50. The fourth-order valence-electron chi connectivity index (χ4n) is 1.84. The Bertz CT molecular complexity index is 587. The molecule has 0 bridgehead atoms. The molecule has 0 radical (unpaired) electrons. The van der Waals surface area contributed by atoms with Gasteiger partial charge in [0.2, 0.25) is 0 Å². The fraction of sp³-hybridized carbons (Fsp3) is 0.231. The van der Waals surface area contributed by atoms with E-state index in [1.165, 1.54) is 0 Å². The molecular formula is C13H12BrN3. The zero-order chi connectivity index (χ0) is 12.4. The number of aromatic nitrogens is 1. The van der Waals surface area contributed by atoms with Crippen LogP contribution < -0.4 is 0 Å². The fourth-order valence-corrected chi connectivity index (χ4v) is 2.30. The van der Waals surface area contributed by atoms with Crippen molar-refractivity contribution in [2.24, 2.45) is 0 Å². The van der Waals surface area contributed by atoms with E-state index in [0.717, 1.165) is 20.9 Å². The van der Waals surface area contributed by atoms with Crippen molar-refractivity contribution in [2.45, 2.75) is 6.04 Å². The molecule has 17 heavy (non-hydrogen) atoms. The molecule has 0 spiro atoms. The van der Waals surface area contributed by atoms with Crippen LogP contribution in [0.15, 0.2) is 34.9 Å². The van der Waals surface area contributed by atoms with Gasteiger partial charge in [-0.1, -0.05) is 28.1 Å². The summed E-state index contributed by atoms with van der Waals surface area (Å²) in [5.74, 6) is 0. The standard InChI is InChI=1S/C13H12BrN3/c1-17(2)12(8-15)10-5-6-11(14)9-4-3-7-16-13(9)10/h3-7,12H,1-2H3. The maximum atomic E-state index is 9.25. The number of hydrogen-bond donors (Lipinski definition) is 0. The van der Waals surface area contributed by atoms with Crippen molar-refractivity contribution in [1.82, 2.24) is 9.88 Å². The molecule has 1 aromatic heterocycles. The van der Waals surface area contributed by atoms with E-state index in [0.29, 0.717) is 0 Å². The van der Waals surface area contributed by atoms with Crippen molar-refractivity contribution >= 4 is 26.8 Å². The van der Waals surface area contributed by atoms with E-state index in [-0.39, 0.29) is 6.04 Å². The van der Waals surface area contributed by atoms with E-state index in [4.69, 9.17) is 0 Å². The average molecular weight is 290 g/mol. The largest absolute Gasteiger partial charge is 0.290 e. The van der Waals surface area contributed by atoms with Crippen LogP contribution in [0.2, 0.25) is 0 Å². The number of nitriles is 1. The Kier molecular flexibility index (Phi) is 3.41. The summed E-state index contributed by atoms with van der Waals surface area (Å²) in [7, 11) is 3.79. The van der Waals surface area contributed by atoms with Crippen molar-refractivity contribution < 1.29 is 0 Å². The summed E-state index contributed by atoms with van der Waals surface area (Å²) in [6, 6.07) is 9.84. The van der Waals surface area contributed by atoms with Crippen molar-refractivity contribution in [3.05, 3.63) is 40.5 Å². The van der Waals surface area contributed by atoms with Gasteiger partial charge in [0.1, 0.15) is 6.04 Å². The smallest absolute Gasteiger partial charge is 0.125 e. The van der Waals surface area contributed by atoms with Crippen LogP contribution in [0.25, 0.3) is 10.9 Å². The summed E-state index contributed by atoms with van der Waals surface area (Å²) in [5.41, 5.74) is 1.82. The molecule has 2 aromatic rings. The lowest BCUT2D eigenvalue weighted by molar-refractivity contribution is 0.359. The first kappa shape index (κ1) is 12.0. The molecule has 1 atom stereocenters. The van der Waals surface area contributed by atoms with Gasteiger partial charge in [-0.25, -0.2) is 0 Å². The third kappa shape index (κ3) is 2.17. The molecule has 86 valence electrons. The predicted molar refractivity (Wildman–Crippen MR) is 71.5 cm³/mol. The first-order valence-corrected chi connectivity index (χ1v) is 6.03. The van der Waals surface area contributed by atoms with Crippen LogP contribution in [0.4, 0.5) is 0 Å². The van der Waals surface area contributed by atoms with Gasteiger partial charge < -0.3 is 0 Å². The van der Waals surface area contributed by atoms with Gasteiger partial charge in [-0.2, -0.15) is 5.26 Å². The van der Waals surface area contributed by atoms with Crippen molar-refractivity contribution in [3.8, 4) is 6.07 Å². The average Bonchev–Trinajstić information content (AvgIpc) is 2.33. The molecule has 0 aliphatic rings. The maximum Gasteiger partial charge on any atom is 0.125 e. The number of rotatable bonds is 2. The molecule has 0 aliphatic heterocycles. The van der Waals surface area contributed by atoms with E-state index in [9.17, 15) is 5.26 Å². The molecule has 1 heterocycles. The lowest BCUT2D eigenvalue weighted by Crippen LogP contribution is -2.18. The zero-order valence-corrected chi connectivity index (χ0v) is 11.3. The van der Waals surface area contributed by atoms with Gasteiger partial charge in [0.05, 0.1) is 11.6 Å². The van der Waals surface area contributed by atoms with Crippen LogP contribution in [0.3, 0.4) is 0 Å². The van der Waals surface area contributed by atoms with E-state index in [1.54, 1.807) is 6.20 Å². The Balaban J connectivity index is 2.71. The highest BCUT2D eigenvalue weighted by atomic mass is 79.9. The molecule has 0 saturated carbocycles. The Hall–Kier alpha value is -1.44. The Morgan fingerprint density at radius 1 is 1.35 bits per heavy atom. The highest BCUT2D eigenvalue weighted by Crippen LogP contribution is 2.30. The van der Waals surface area contributed by atoms with E-state index < -0.39 is 0 Å². The molecule has 0 amide bonds. The first-order valence-electron chi connectivity index (χ1n) is 5.24. The number of pyridine rings is 1. The van der Waals surface area contributed by atoms with Gasteiger partial charge in [0, 0.05) is 21.6 Å². The molecule has 2 rings (SSSR count). The minimum atomic E-state index is -0.277. The van der Waals surface area contributed by atoms with Gasteiger partial charge in [-0.05, 0) is 26.2 Å². The second-order valence-corrected chi connectivity index (χ2v) is 4.89. The highest BCUT2D eigenvalue weighted by molar-refractivity contribution is 9.10. The second-order valence-electron chi connectivity index (χ2n) is 4.03. The quantitative estimate of drug-likeness (QED) is 0.853. The lowest BCUT2D eigenvalue weighted by Gasteiger charge is -2.19. The molecule has 4 heteroatoms. The number of hydrogen-bond acceptors (Lipinski definition) is 3. The molecule has 0 N–H and O–H groups in total. The molecule has 1 unspecified atom stereocenters. The van der Waals surface area contributed by atoms with Crippen LogP contribution in [-0.2, 0) is 0 Å². The molecule has 0 aliphatic carbocycles. The van der Waals surface area contributed by atoms with Gasteiger partial charge >= 0.3 is 0 Å². The minimum absolute atomic E-state index is 0.277. The van der Waals surface area contributed by atoms with Gasteiger partial charge in [0.15, 0.2) is 0 Å². The normalized spacial score (nSPS) is 12.6. The highest BCUT2D eigenvalue weighted by Gasteiger charge is 2.17. The van der Waals surface area contributed by atoms with Crippen molar-refractivity contribution in [2.75, 3.05) is 14.1 Å². The molecule has 3 nitrogen and oxygen atoms in total. The minimum Gasteiger partial charge on any atom is -0.290 e. The van der Waals surface area contributed by atoms with Crippen molar-refractivity contribution in [1.29, 1.82) is 5.26 Å². The number of nitrogens with zero attached hydrogens (tertiary/aromatic N) is 3. The van der Waals surface area contributed by atoms with Crippen LogP contribution in [0, 0.1) is 11.3 Å². The molecule has 1 aromatic carbocycles. The second kappa shape index (κ2) is 4.82. The van der Waals surface area contributed by atoms with Crippen LogP contribution in [0.1, 0.15) is 11.6 Å².